The fraction of sp³-hybridized carbons (Fsp3) is 0.308. The smallest absolute Gasteiger partial charge is 0.326 e. The first-order valence-corrected chi connectivity index (χ1v) is 6.37. The van der Waals surface area contributed by atoms with Crippen molar-refractivity contribution in [3.05, 3.63) is 35.4 Å². The molecule has 1 amide bonds. The molecule has 1 aromatic heterocycles. The van der Waals surface area contributed by atoms with Crippen LogP contribution in [0, 0.1) is 5.82 Å². The second-order valence-corrected chi connectivity index (χ2v) is 4.49. The van der Waals surface area contributed by atoms with Gasteiger partial charge in [0.05, 0.1) is 6.20 Å². The average molecular weight is 324 g/mol. The fourth-order valence-electron chi connectivity index (χ4n) is 1.65. The number of hydrogen-bond acceptors (Lipinski definition) is 5. The van der Waals surface area contributed by atoms with E-state index in [0.29, 0.717) is 6.21 Å². The molecule has 0 aliphatic rings. The molecule has 0 saturated carbocycles. The van der Waals surface area contributed by atoms with Crippen LogP contribution in [0.4, 0.5) is 4.39 Å². The number of halogens is 1. The highest BCUT2D eigenvalue weighted by Crippen LogP contribution is 2.13. The molecule has 0 radical (unpaired) electrons. The number of rotatable bonds is 8. The molecule has 0 bridgehead atoms. The third-order valence-corrected chi connectivity index (χ3v) is 2.79. The molecule has 0 aliphatic heterocycles. The normalized spacial score (nSPS) is 12.6. The van der Waals surface area contributed by atoms with Crippen molar-refractivity contribution in [2.75, 3.05) is 0 Å². The highest BCUT2D eigenvalue weighted by atomic mass is 19.1. The Bertz CT molecular complexity index is 660. The van der Waals surface area contributed by atoms with Gasteiger partial charge in [-0.1, -0.05) is 0 Å². The van der Waals surface area contributed by atoms with Gasteiger partial charge in [-0.15, -0.1) is 0 Å². The Kier molecular flexibility index (Phi) is 6.66. The van der Waals surface area contributed by atoms with Gasteiger partial charge in [-0.3, -0.25) is 14.6 Å². The van der Waals surface area contributed by atoms with Crippen LogP contribution < -0.4 is 5.32 Å². The molecule has 0 aliphatic carbocycles. The zero-order valence-electron chi connectivity index (χ0n) is 11.7. The van der Waals surface area contributed by atoms with Crippen molar-refractivity contribution in [3.8, 4) is 0 Å². The van der Waals surface area contributed by atoms with E-state index in [4.69, 9.17) is 10.6 Å². The second kappa shape index (κ2) is 8.47. The number of carboxylic acids is 1. The van der Waals surface area contributed by atoms with E-state index in [0.717, 1.165) is 18.5 Å². The average Bonchev–Trinajstić information content (AvgIpc) is 2.50. The summed E-state index contributed by atoms with van der Waals surface area (Å²) in [5.74, 6) is -3.90. The standard InChI is InChI=1S/C13H13FN4O5/c14-8-3-7(4-16-5-8)11(20)12(21)18-10(13(22)23)2-1-9(19)6-17-15/h3-6,10-11,20H,1-2H2,(H,18,21)(H,22,23). The van der Waals surface area contributed by atoms with E-state index in [1.807, 2.05) is 5.32 Å². The van der Waals surface area contributed by atoms with Gasteiger partial charge in [0.25, 0.3) is 5.91 Å². The molecule has 0 saturated heterocycles. The predicted molar refractivity (Wildman–Crippen MR) is 72.6 cm³/mol. The van der Waals surface area contributed by atoms with Crippen molar-refractivity contribution >= 4 is 23.9 Å². The zero-order valence-corrected chi connectivity index (χ0v) is 11.7. The van der Waals surface area contributed by atoms with Crippen LogP contribution in [0.3, 0.4) is 0 Å². The summed E-state index contributed by atoms with van der Waals surface area (Å²) in [6.45, 7) is 0. The van der Waals surface area contributed by atoms with Crippen LogP contribution >= 0.6 is 0 Å². The number of carboxylic acid groups (broad SMARTS) is 1. The predicted octanol–water partition coefficient (Wildman–Crippen LogP) is -0.527. The largest absolute Gasteiger partial charge is 0.480 e. The number of amides is 1. The van der Waals surface area contributed by atoms with E-state index in [2.05, 4.69) is 9.77 Å². The van der Waals surface area contributed by atoms with Crippen LogP contribution in [0.25, 0.3) is 5.53 Å². The Morgan fingerprint density at radius 2 is 2.13 bits per heavy atom. The number of nitrogens with zero attached hydrogens (tertiary/aromatic N) is 3. The van der Waals surface area contributed by atoms with Crippen molar-refractivity contribution < 1.29 is 33.8 Å². The minimum absolute atomic E-state index is 0.143. The maximum atomic E-state index is 13.0. The molecule has 23 heavy (non-hydrogen) atoms. The SMILES string of the molecule is [N-]=[N+]=CC(=O)CCC(NC(=O)C(O)c1cncc(F)c1)C(=O)O. The lowest BCUT2D eigenvalue weighted by Gasteiger charge is -2.16. The Labute approximate surface area is 129 Å². The topological polar surface area (TPSA) is 153 Å². The lowest BCUT2D eigenvalue weighted by atomic mass is 10.1. The van der Waals surface area contributed by atoms with Crippen LogP contribution in [-0.4, -0.2) is 49.9 Å². The molecule has 2 unspecified atom stereocenters. The Balaban J connectivity index is 2.72. The molecular formula is C13H13FN4O5. The van der Waals surface area contributed by atoms with Crippen molar-refractivity contribution in [1.29, 1.82) is 0 Å². The molecule has 0 fully saturated rings. The molecule has 1 aromatic rings. The number of aliphatic carboxylic acids is 1. The lowest BCUT2D eigenvalue weighted by Crippen LogP contribution is -2.43. The number of Topliss-reactive ketones (excluding diaryl/α,β-unsaturated/α-hetero) is 1. The number of hydrogen-bond donors (Lipinski definition) is 3. The summed E-state index contributed by atoms with van der Waals surface area (Å²) in [6, 6.07) is -0.566. The van der Waals surface area contributed by atoms with Gasteiger partial charge >= 0.3 is 12.2 Å². The van der Waals surface area contributed by atoms with Gasteiger partial charge in [0.2, 0.25) is 5.78 Å². The van der Waals surface area contributed by atoms with Crippen LogP contribution in [0.2, 0.25) is 0 Å². The van der Waals surface area contributed by atoms with Gasteiger partial charge in [0, 0.05) is 18.2 Å². The molecule has 0 aromatic carbocycles. The van der Waals surface area contributed by atoms with Crippen LogP contribution in [0.15, 0.2) is 18.5 Å². The monoisotopic (exact) mass is 324 g/mol. The van der Waals surface area contributed by atoms with E-state index in [1.165, 1.54) is 0 Å². The maximum absolute atomic E-state index is 13.0. The number of pyridine rings is 1. The zero-order chi connectivity index (χ0) is 17.4. The van der Waals surface area contributed by atoms with Crippen molar-refractivity contribution in [1.82, 2.24) is 10.3 Å². The van der Waals surface area contributed by atoms with Crippen molar-refractivity contribution in [2.45, 2.75) is 25.0 Å². The molecule has 1 rings (SSSR count). The van der Waals surface area contributed by atoms with Gasteiger partial charge in [0.1, 0.15) is 11.9 Å². The molecule has 0 spiro atoms. The van der Waals surface area contributed by atoms with E-state index in [-0.39, 0.29) is 18.4 Å². The summed E-state index contributed by atoms with van der Waals surface area (Å²) in [5, 5.41) is 20.8. The highest BCUT2D eigenvalue weighted by Gasteiger charge is 2.26. The minimum Gasteiger partial charge on any atom is -0.480 e. The van der Waals surface area contributed by atoms with Gasteiger partial charge in [-0.05, 0) is 12.5 Å². The van der Waals surface area contributed by atoms with Gasteiger partial charge in [-0.2, -0.15) is 4.79 Å². The highest BCUT2D eigenvalue weighted by molar-refractivity contribution is 6.25. The van der Waals surface area contributed by atoms with Gasteiger partial charge < -0.3 is 21.1 Å². The van der Waals surface area contributed by atoms with E-state index >= 15 is 0 Å². The van der Waals surface area contributed by atoms with Crippen LogP contribution in [-0.2, 0) is 14.4 Å². The number of aliphatic hydroxyl groups is 1. The lowest BCUT2D eigenvalue weighted by molar-refractivity contribution is -0.143. The summed E-state index contributed by atoms with van der Waals surface area (Å²) in [5.41, 5.74) is 8.03. The summed E-state index contributed by atoms with van der Waals surface area (Å²) in [6.07, 6.45) is 0.162. The van der Waals surface area contributed by atoms with Gasteiger partial charge in [-0.25, -0.2) is 9.18 Å². The number of ketones is 1. The van der Waals surface area contributed by atoms with E-state index in [1.54, 1.807) is 0 Å². The number of aliphatic hydroxyl groups excluding tert-OH is 1. The first-order valence-electron chi connectivity index (χ1n) is 6.37. The van der Waals surface area contributed by atoms with Crippen molar-refractivity contribution in [2.24, 2.45) is 0 Å². The maximum Gasteiger partial charge on any atom is 0.326 e. The number of carbonyl (C=O) groups is 3. The molecule has 3 N–H and O–H groups in total. The van der Waals surface area contributed by atoms with Crippen LogP contribution in [0.1, 0.15) is 24.5 Å². The summed E-state index contributed by atoms with van der Waals surface area (Å²) < 4.78 is 13.0. The molecule has 1 heterocycles. The van der Waals surface area contributed by atoms with E-state index in [9.17, 15) is 23.9 Å². The summed E-state index contributed by atoms with van der Waals surface area (Å²) in [4.78, 5) is 40.0. The fourth-order valence-corrected chi connectivity index (χ4v) is 1.65. The minimum atomic E-state index is -1.81. The number of aromatic nitrogens is 1. The second-order valence-electron chi connectivity index (χ2n) is 4.49. The van der Waals surface area contributed by atoms with Crippen molar-refractivity contribution in [3.63, 3.8) is 0 Å². The van der Waals surface area contributed by atoms with E-state index < -0.39 is 35.6 Å². The molecule has 9 nitrogen and oxygen atoms in total. The number of carbonyl (C=O) groups excluding carboxylic acids is 2. The Morgan fingerprint density at radius 3 is 2.70 bits per heavy atom. The quantitative estimate of drug-likeness (QED) is 0.332. The van der Waals surface area contributed by atoms with Gasteiger partial charge in [0.15, 0.2) is 6.10 Å². The molecule has 122 valence electrons. The molecular weight excluding hydrogens is 311 g/mol. The molecule has 10 heteroatoms. The van der Waals surface area contributed by atoms with Crippen LogP contribution in [0.5, 0.6) is 0 Å². The number of nitrogens with one attached hydrogen (secondary N) is 1. The molecule has 2 atom stereocenters. The third kappa shape index (κ3) is 5.73. The summed E-state index contributed by atoms with van der Waals surface area (Å²) >= 11 is 0. The first kappa shape index (κ1) is 18.1. The Hall–Kier alpha value is -2.97. The first-order chi connectivity index (χ1) is 10.8. The third-order valence-electron chi connectivity index (χ3n) is 2.79. The summed E-state index contributed by atoms with van der Waals surface area (Å²) in [7, 11) is 0. The Morgan fingerprint density at radius 1 is 1.43 bits per heavy atom.